The minimum Gasteiger partial charge on any atom is -0.496 e. The second kappa shape index (κ2) is 9.09. The summed E-state index contributed by atoms with van der Waals surface area (Å²) in [6, 6.07) is 7.36. The highest BCUT2D eigenvalue weighted by atomic mass is 19.4. The summed E-state index contributed by atoms with van der Waals surface area (Å²) in [5.41, 5.74) is 2.61. The molecule has 7 nitrogen and oxygen atoms in total. The number of carbonyl (C=O) groups excluding carboxylic acids is 1. The van der Waals surface area contributed by atoms with Crippen molar-refractivity contribution in [2.24, 2.45) is 5.92 Å². The Kier molecular flexibility index (Phi) is 6.65. The molecular formula is C19H19F6N5O2. The predicted octanol–water partition coefficient (Wildman–Crippen LogP) is 4.12. The Balaban J connectivity index is 1.69. The second-order valence-corrected chi connectivity index (χ2v) is 7.17. The first-order chi connectivity index (χ1) is 15.0. The van der Waals surface area contributed by atoms with Crippen LogP contribution in [0.2, 0.25) is 0 Å². The zero-order valence-electron chi connectivity index (χ0n) is 16.6. The third-order valence-electron chi connectivity index (χ3n) is 4.83. The summed E-state index contributed by atoms with van der Waals surface area (Å²) >= 11 is 0. The zero-order valence-corrected chi connectivity index (χ0v) is 16.6. The van der Waals surface area contributed by atoms with Crippen molar-refractivity contribution >= 4 is 17.4 Å². The number of halogens is 6. The van der Waals surface area contributed by atoms with Crippen molar-refractivity contribution in [2.45, 2.75) is 31.1 Å². The number of amides is 1. The highest BCUT2D eigenvalue weighted by Gasteiger charge is 2.42. The lowest BCUT2D eigenvalue weighted by Gasteiger charge is -2.18. The maximum atomic E-state index is 13.6. The van der Waals surface area contributed by atoms with Gasteiger partial charge in [-0.2, -0.15) is 31.4 Å². The molecule has 1 aromatic carbocycles. The molecular weight excluding hydrogens is 444 g/mol. The Bertz CT molecular complexity index is 966. The van der Waals surface area contributed by atoms with E-state index in [-0.39, 0.29) is 18.4 Å². The number of benzene rings is 1. The summed E-state index contributed by atoms with van der Waals surface area (Å²) in [6.45, 7) is 0.192. The molecule has 32 heavy (non-hydrogen) atoms. The maximum absolute atomic E-state index is 13.6. The zero-order chi connectivity index (χ0) is 23.5. The van der Waals surface area contributed by atoms with Crippen LogP contribution in [0.25, 0.3) is 0 Å². The van der Waals surface area contributed by atoms with E-state index in [9.17, 15) is 31.1 Å². The molecule has 0 saturated heterocycles. The van der Waals surface area contributed by atoms with E-state index in [2.05, 4.69) is 15.5 Å². The van der Waals surface area contributed by atoms with E-state index >= 15 is 0 Å². The normalized spacial score (nSPS) is 18.1. The molecule has 2 aromatic rings. The van der Waals surface area contributed by atoms with Crippen LogP contribution in [0.4, 0.5) is 37.8 Å². The van der Waals surface area contributed by atoms with Gasteiger partial charge in [-0.1, -0.05) is 18.2 Å². The van der Waals surface area contributed by atoms with Crippen LogP contribution in [0.15, 0.2) is 30.5 Å². The summed E-state index contributed by atoms with van der Waals surface area (Å²) in [5.74, 6) is -1.63. The molecule has 3 N–H and O–H groups in total. The quantitative estimate of drug-likeness (QED) is 0.403. The molecule has 3 rings (SSSR count). The van der Waals surface area contributed by atoms with Crippen LogP contribution >= 0.6 is 0 Å². The van der Waals surface area contributed by atoms with Crippen LogP contribution in [0.1, 0.15) is 29.9 Å². The van der Waals surface area contributed by atoms with Gasteiger partial charge < -0.3 is 10.1 Å². The number of nitrogens with zero attached hydrogens (tertiary/aromatic N) is 2. The van der Waals surface area contributed by atoms with Gasteiger partial charge in [0.2, 0.25) is 5.91 Å². The standard InChI is InChI=1S/C19H19F6N5O2/c1-32-14-5-3-2-4-11(14)12-6-10(12)8-26-13-9-27-29-17(16(13)19(23,24)25)30-28-15(31)7-18(20,21)22/h2-5,9-10,12H,6-8H2,1H3,(H,28,31)(H2,26,29,30). The number of ether oxygens (including phenoxy) is 1. The second-order valence-electron chi connectivity index (χ2n) is 7.17. The minimum atomic E-state index is -4.92. The van der Waals surface area contributed by atoms with Crippen molar-refractivity contribution < 1.29 is 35.9 Å². The first-order valence-electron chi connectivity index (χ1n) is 9.41. The molecule has 0 radical (unpaired) electrons. The van der Waals surface area contributed by atoms with Crippen molar-refractivity contribution in [2.75, 3.05) is 24.4 Å². The van der Waals surface area contributed by atoms with Crippen LogP contribution in [0.3, 0.4) is 0 Å². The Morgan fingerprint density at radius 2 is 1.91 bits per heavy atom. The summed E-state index contributed by atoms with van der Waals surface area (Å²) in [4.78, 5) is 11.3. The monoisotopic (exact) mass is 463 g/mol. The van der Waals surface area contributed by atoms with E-state index in [0.717, 1.165) is 18.2 Å². The largest absolute Gasteiger partial charge is 0.496 e. The minimum absolute atomic E-state index is 0.0449. The Morgan fingerprint density at radius 1 is 1.19 bits per heavy atom. The third kappa shape index (κ3) is 5.92. The van der Waals surface area contributed by atoms with Crippen LogP contribution in [-0.4, -0.2) is 35.9 Å². The van der Waals surface area contributed by atoms with Gasteiger partial charge in [0, 0.05) is 6.54 Å². The van der Waals surface area contributed by atoms with Gasteiger partial charge in [0.25, 0.3) is 0 Å². The first kappa shape index (κ1) is 23.4. The molecule has 174 valence electrons. The molecule has 0 bridgehead atoms. The van der Waals surface area contributed by atoms with E-state index < -0.39 is 41.7 Å². The SMILES string of the molecule is COc1ccccc1C1CC1CNc1cnnc(NNC(=O)CC(F)(F)F)c1C(F)(F)F. The molecule has 0 spiro atoms. The molecule has 2 atom stereocenters. The summed E-state index contributed by atoms with van der Waals surface area (Å²) in [7, 11) is 1.54. The van der Waals surface area contributed by atoms with Crippen molar-refractivity contribution in [3.8, 4) is 5.75 Å². The van der Waals surface area contributed by atoms with Crippen LogP contribution in [0.5, 0.6) is 5.75 Å². The number of hydrogen-bond donors (Lipinski definition) is 3. The molecule has 1 saturated carbocycles. The molecule has 0 aliphatic heterocycles. The molecule has 1 heterocycles. The fraction of sp³-hybridized carbons (Fsp3) is 0.421. The summed E-state index contributed by atoms with van der Waals surface area (Å²) < 4.78 is 82.9. The van der Waals surface area contributed by atoms with E-state index in [1.807, 2.05) is 18.2 Å². The number of hydrogen-bond acceptors (Lipinski definition) is 6. The number of rotatable bonds is 8. The van der Waals surface area contributed by atoms with Gasteiger partial charge in [0.05, 0.1) is 19.0 Å². The number of alkyl halides is 6. The van der Waals surface area contributed by atoms with Gasteiger partial charge in [-0.3, -0.25) is 15.6 Å². The molecule has 13 heteroatoms. The van der Waals surface area contributed by atoms with Gasteiger partial charge >= 0.3 is 12.4 Å². The van der Waals surface area contributed by atoms with Crippen molar-refractivity contribution in [3.05, 3.63) is 41.6 Å². The van der Waals surface area contributed by atoms with Crippen molar-refractivity contribution in [3.63, 3.8) is 0 Å². The Hall–Kier alpha value is -3.25. The van der Waals surface area contributed by atoms with E-state index in [0.29, 0.717) is 5.75 Å². The van der Waals surface area contributed by atoms with Gasteiger partial charge in [-0.15, -0.1) is 5.10 Å². The fourth-order valence-corrected chi connectivity index (χ4v) is 3.32. The van der Waals surface area contributed by atoms with Crippen molar-refractivity contribution in [1.29, 1.82) is 0 Å². The fourth-order valence-electron chi connectivity index (χ4n) is 3.32. The van der Waals surface area contributed by atoms with E-state index in [1.165, 1.54) is 7.11 Å². The number of hydrazine groups is 1. The van der Waals surface area contributed by atoms with E-state index in [1.54, 1.807) is 16.9 Å². The lowest BCUT2D eigenvalue weighted by atomic mass is 10.1. The molecule has 1 aromatic heterocycles. The van der Waals surface area contributed by atoms with Gasteiger partial charge in [0.1, 0.15) is 17.7 Å². The summed E-state index contributed by atoms with van der Waals surface area (Å²) in [5, 5.41) is 9.40. The van der Waals surface area contributed by atoms with Crippen molar-refractivity contribution in [1.82, 2.24) is 15.6 Å². The van der Waals surface area contributed by atoms with Crippen LogP contribution < -0.4 is 20.9 Å². The first-order valence-corrected chi connectivity index (χ1v) is 9.41. The Morgan fingerprint density at radius 3 is 2.56 bits per heavy atom. The van der Waals surface area contributed by atoms with Gasteiger partial charge in [0.15, 0.2) is 5.82 Å². The summed E-state index contributed by atoms with van der Waals surface area (Å²) in [6.07, 6.45) is -9.98. The molecule has 1 aliphatic carbocycles. The average molecular weight is 463 g/mol. The van der Waals surface area contributed by atoms with Crippen LogP contribution in [0, 0.1) is 5.92 Å². The van der Waals surface area contributed by atoms with Gasteiger partial charge in [-0.25, -0.2) is 0 Å². The topological polar surface area (TPSA) is 88.2 Å². The number of para-hydroxylation sites is 1. The smallest absolute Gasteiger partial charge is 0.422 e. The van der Waals surface area contributed by atoms with E-state index in [4.69, 9.17) is 4.74 Å². The number of nitrogens with one attached hydrogen (secondary N) is 3. The lowest BCUT2D eigenvalue weighted by Crippen LogP contribution is -2.34. The highest BCUT2D eigenvalue weighted by Crippen LogP contribution is 2.50. The number of carbonyl (C=O) groups is 1. The molecule has 1 amide bonds. The Labute approximate surface area is 178 Å². The predicted molar refractivity (Wildman–Crippen MR) is 102 cm³/mol. The molecule has 2 unspecified atom stereocenters. The lowest BCUT2D eigenvalue weighted by molar-refractivity contribution is -0.153. The maximum Gasteiger partial charge on any atom is 0.422 e. The van der Waals surface area contributed by atoms with Crippen LogP contribution in [-0.2, 0) is 11.0 Å². The number of anilines is 2. The number of methoxy groups -OCH3 is 1. The third-order valence-corrected chi connectivity index (χ3v) is 4.83. The van der Waals surface area contributed by atoms with Gasteiger partial charge in [-0.05, 0) is 29.9 Å². The molecule has 1 aliphatic rings. The highest BCUT2D eigenvalue weighted by molar-refractivity contribution is 5.78. The molecule has 1 fully saturated rings. The number of aromatic nitrogens is 2. The average Bonchev–Trinajstić information content (AvgIpc) is 3.48.